The lowest BCUT2D eigenvalue weighted by Gasteiger charge is -2.03. The lowest BCUT2D eigenvalue weighted by atomic mass is 10.2. The summed E-state index contributed by atoms with van der Waals surface area (Å²) in [5.74, 6) is 1.36. The van der Waals surface area contributed by atoms with Crippen molar-refractivity contribution in [3.8, 4) is 11.6 Å². The number of aromatic nitrogens is 2. The van der Waals surface area contributed by atoms with Gasteiger partial charge in [0.05, 0.1) is 0 Å². The maximum atomic E-state index is 12.5. The Bertz CT molecular complexity index is 962. The minimum atomic E-state index is -0.835. The Morgan fingerprint density at radius 3 is 2.64 bits per heavy atom. The molecule has 0 saturated carbocycles. The van der Waals surface area contributed by atoms with E-state index in [4.69, 9.17) is 4.74 Å². The second-order valence-electron chi connectivity index (χ2n) is 5.07. The van der Waals surface area contributed by atoms with E-state index in [0.717, 1.165) is 27.4 Å². The van der Waals surface area contributed by atoms with E-state index in [1.807, 2.05) is 59.6 Å². The van der Waals surface area contributed by atoms with Gasteiger partial charge in [-0.05, 0) is 17.5 Å². The van der Waals surface area contributed by atoms with Crippen LogP contribution in [0.15, 0.2) is 67.1 Å². The molecule has 2 aromatic heterocycles. The lowest BCUT2D eigenvalue weighted by Crippen LogP contribution is -1.93. The summed E-state index contributed by atoms with van der Waals surface area (Å²) < 4.78 is 19.4. The number of ether oxygens (including phenoxy) is 1. The van der Waals surface area contributed by atoms with Crippen molar-refractivity contribution in [3.63, 3.8) is 0 Å². The highest BCUT2D eigenvalue weighted by molar-refractivity contribution is 5.89. The van der Waals surface area contributed by atoms with Gasteiger partial charge in [-0.1, -0.05) is 36.4 Å². The van der Waals surface area contributed by atoms with E-state index in [0.29, 0.717) is 5.75 Å². The van der Waals surface area contributed by atoms with Crippen molar-refractivity contribution in [1.29, 1.82) is 0 Å². The number of halogens is 1. The van der Waals surface area contributed by atoms with Crippen molar-refractivity contribution in [2.75, 3.05) is 6.86 Å². The van der Waals surface area contributed by atoms with Crippen molar-refractivity contribution in [2.45, 2.75) is 0 Å². The Kier molecular flexibility index (Phi) is 3.00. The smallest absolute Gasteiger partial charge is 0.228 e. The fourth-order valence-corrected chi connectivity index (χ4v) is 2.67. The van der Waals surface area contributed by atoms with Gasteiger partial charge in [-0.3, -0.25) is 0 Å². The van der Waals surface area contributed by atoms with Gasteiger partial charge in [0.1, 0.15) is 11.6 Å². The van der Waals surface area contributed by atoms with Crippen LogP contribution in [0.5, 0.6) is 5.75 Å². The van der Waals surface area contributed by atoms with E-state index in [1.165, 1.54) is 0 Å². The van der Waals surface area contributed by atoms with E-state index < -0.39 is 6.86 Å². The zero-order chi connectivity index (χ0) is 14.9. The van der Waals surface area contributed by atoms with E-state index in [-0.39, 0.29) is 0 Å². The second kappa shape index (κ2) is 5.15. The Morgan fingerprint density at radius 1 is 0.955 bits per heavy atom. The molecule has 4 rings (SSSR count). The molecule has 108 valence electrons. The van der Waals surface area contributed by atoms with Crippen molar-refractivity contribution in [1.82, 2.24) is 9.55 Å². The standard InChI is InChI=1S/C18H13FN2O/c19-12-22-17-7-3-6-15-10-21(11-16(15)17)18-8-13-4-1-2-5-14(13)9-20-18/h1-11H,12H2. The molecule has 22 heavy (non-hydrogen) atoms. The third-order valence-corrected chi connectivity index (χ3v) is 3.74. The average molecular weight is 292 g/mol. The number of pyridine rings is 1. The number of hydrogen-bond acceptors (Lipinski definition) is 2. The summed E-state index contributed by atoms with van der Waals surface area (Å²) in [4.78, 5) is 4.50. The number of benzene rings is 2. The summed E-state index contributed by atoms with van der Waals surface area (Å²) in [5.41, 5.74) is 0. The normalized spacial score (nSPS) is 11.1. The minimum absolute atomic E-state index is 0.541. The van der Waals surface area contributed by atoms with Crippen molar-refractivity contribution in [3.05, 3.63) is 67.1 Å². The summed E-state index contributed by atoms with van der Waals surface area (Å²) >= 11 is 0. The van der Waals surface area contributed by atoms with Gasteiger partial charge in [-0.2, -0.15) is 0 Å². The zero-order valence-corrected chi connectivity index (χ0v) is 11.7. The second-order valence-corrected chi connectivity index (χ2v) is 5.07. The molecule has 4 aromatic rings. The molecule has 0 aliphatic heterocycles. The first-order chi connectivity index (χ1) is 10.8. The van der Waals surface area contributed by atoms with Crippen LogP contribution in [0, 0.1) is 0 Å². The molecule has 0 atom stereocenters. The van der Waals surface area contributed by atoms with Gasteiger partial charge in [0, 0.05) is 34.7 Å². The van der Waals surface area contributed by atoms with Crippen molar-refractivity contribution < 1.29 is 9.13 Å². The summed E-state index contributed by atoms with van der Waals surface area (Å²) in [6.45, 7) is -0.835. The zero-order valence-electron chi connectivity index (χ0n) is 11.7. The highest BCUT2D eigenvalue weighted by atomic mass is 19.1. The molecule has 0 aliphatic carbocycles. The van der Waals surface area contributed by atoms with Crippen LogP contribution in [-0.2, 0) is 0 Å². The van der Waals surface area contributed by atoms with E-state index in [2.05, 4.69) is 11.1 Å². The molecule has 0 saturated heterocycles. The molecule has 2 heterocycles. The number of fused-ring (bicyclic) bond motifs is 2. The first-order valence-electron chi connectivity index (χ1n) is 7.00. The summed E-state index contributed by atoms with van der Waals surface area (Å²) in [7, 11) is 0. The van der Waals surface area contributed by atoms with Crippen LogP contribution in [-0.4, -0.2) is 16.4 Å². The van der Waals surface area contributed by atoms with Gasteiger partial charge in [-0.25, -0.2) is 9.37 Å². The predicted octanol–water partition coefficient (Wildman–Crippen LogP) is 4.48. The Hall–Kier alpha value is -2.88. The van der Waals surface area contributed by atoms with Crippen LogP contribution < -0.4 is 4.74 Å². The fourth-order valence-electron chi connectivity index (χ4n) is 2.67. The first kappa shape index (κ1) is 12.8. The van der Waals surface area contributed by atoms with Gasteiger partial charge in [0.2, 0.25) is 6.86 Å². The molecule has 0 fully saturated rings. The molecule has 3 nitrogen and oxygen atoms in total. The van der Waals surface area contributed by atoms with Gasteiger partial charge >= 0.3 is 0 Å². The number of nitrogens with zero attached hydrogens (tertiary/aromatic N) is 2. The van der Waals surface area contributed by atoms with Crippen LogP contribution in [0.25, 0.3) is 27.4 Å². The van der Waals surface area contributed by atoms with Crippen LogP contribution in [0.4, 0.5) is 4.39 Å². The first-order valence-corrected chi connectivity index (χ1v) is 7.00. The van der Waals surface area contributed by atoms with Crippen LogP contribution in [0.3, 0.4) is 0 Å². The third kappa shape index (κ3) is 2.09. The topological polar surface area (TPSA) is 27.1 Å². The predicted molar refractivity (Wildman–Crippen MR) is 85.2 cm³/mol. The molecule has 0 bridgehead atoms. The summed E-state index contributed by atoms with van der Waals surface area (Å²) in [5, 5.41) is 4.09. The fraction of sp³-hybridized carbons (Fsp3) is 0.0556. The van der Waals surface area contributed by atoms with Gasteiger partial charge < -0.3 is 9.30 Å². The monoisotopic (exact) mass is 292 g/mol. The van der Waals surface area contributed by atoms with Gasteiger partial charge in [-0.15, -0.1) is 0 Å². The SMILES string of the molecule is FCOc1cccc2cn(-c3cc4ccccc4cn3)cc12. The van der Waals surface area contributed by atoms with Crippen LogP contribution in [0.2, 0.25) is 0 Å². The Labute approximate surface area is 126 Å². The maximum absolute atomic E-state index is 12.5. The molecule has 4 heteroatoms. The van der Waals surface area contributed by atoms with E-state index in [1.54, 1.807) is 6.07 Å². The molecular weight excluding hydrogens is 279 g/mol. The lowest BCUT2D eigenvalue weighted by molar-refractivity contribution is 0.194. The van der Waals surface area contributed by atoms with Gasteiger partial charge in [0.15, 0.2) is 0 Å². The molecule has 2 aromatic carbocycles. The molecule has 0 aliphatic rings. The number of rotatable bonds is 3. The summed E-state index contributed by atoms with van der Waals surface area (Å²) in [6.07, 6.45) is 5.74. The quantitative estimate of drug-likeness (QED) is 0.556. The van der Waals surface area contributed by atoms with Crippen LogP contribution >= 0.6 is 0 Å². The van der Waals surface area contributed by atoms with E-state index >= 15 is 0 Å². The third-order valence-electron chi connectivity index (χ3n) is 3.74. The molecule has 0 N–H and O–H groups in total. The van der Waals surface area contributed by atoms with Crippen molar-refractivity contribution >= 4 is 21.5 Å². The van der Waals surface area contributed by atoms with Crippen molar-refractivity contribution in [2.24, 2.45) is 0 Å². The van der Waals surface area contributed by atoms with Crippen LogP contribution in [0.1, 0.15) is 0 Å². The Balaban J connectivity index is 1.87. The molecule has 0 amide bonds. The number of alkyl halides is 1. The Morgan fingerprint density at radius 2 is 1.77 bits per heavy atom. The average Bonchev–Trinajstić information content (AvgIpc) is 3.00. The molecule has 0 radical (unpaired) electrons. The summed E-state index contributed by atoms with van der Waals surface area (Å²) in [6, 6.07) is 15.7. The molecule has 0 spiro atoms. The number of hydrogen-bond donors (Lipinski definition) is 0. The molecular formula is C18H13FN2O. The van der Waals surface area contributed by atoms with Gasteiger partial charge in [0.25, 0.3) is 0 Å². The largest absolute Gasteiger partial charge is 0.462 e. The highest BCUT2D eigenvalue weighted by Gasteiger charge is 2.07. The maximum Gasteiger partial charge on any atom is 0.228 e. The molecule has 0 unspecified atom stereocenters. The highest BCUT2D eigenvalue weighted by Crippen LogP contribution is 2.28. The minimum Gasteiger partial charge on any atom is -0.462 e. The van der Waals surface area contributed by atoms with E-state index in [9.17, 15) is 4.39 Å².